The zero-order chi connectivity index (χ0) is 14.6. The molecule has 20 heavy (non-hydrogen) atoms. The van der Waals surface area contributed by atoms with Crippen LogP contribution in [0.1, 0.15) is 31.9 Å². The van der Waals surface area contributed by atoms with E-state index in [0.717, 1.165) is 24.5 Å². The van der Waals surface area contributed by atoms with E-state index in [1.807, 2.05) is 13.0 Å². The Labute approximate surface area is 120 Å². The zero-order valence-electron chi connectivity index (χ0n) is 12.0. The van der Waals surface area contributed by atoms with Crippen LogP contribution in [0.4, 0.5) is 11.8 Å². The van der Waals surface area contributed by atoms with E-state index in [1.165, 1.54) is 0 Å². The lowest BCUT2D eigenvalue weighted by Crippen LogP contribution is -2.32. The van der Waals surface area contributed by atoms with Gasteiger partial charge in [0.05, 0.1) is 11.5 Å². The van der Waals surface area contributed by atoms with E-state index < -0.39 is 9.84 Å². The van der Waals surface area contributed by atoms with Crippen molar-refractivity contribution in [1.29, 1.82) is 0 Å². The number of aryl methyl sites for hydroxylation is 1. The third-order valence-electron chi connectivity index (χ3n) is 3.29. The molecule has 0 amide bonds. The molecule has 2 heterocycles. The van der Waals surface area contributed by atoms with Crippen LogP contribution in [0.5, 0.6) is 0 Å². The van der Waals surface area contributed by atoms with E-state index in [1.54, 1.807) is 0 Å². The highest BCUT2D eigenvalue weighted by atomic mass is 32.2. The first kappa shape index (κ1) is 15.0. The third-order valence-corrected chi connectivity index (χ3v) is 5.01. The summed E-state index contributed by atoms with van der Waals surface area (Å²) in [7, 11) is -2.82. The summed E-state index contributed by atoms with van der Waals surface area (Å²) in [5, 5.41) is 6.49. The standard InChI is InChI=1S/C13H22N4O2S/c1-3-6-14-13-15-10(2)9-12(17-13)16-11-4-7-20(18,19)8-5-11/h9,11H,3-8H2,1-2H3,(H2,14,15,16,17). The van der Waals surface area contributed by atoms with Crippen LogP contribution in [0.25, 0.3) is 0 Å². The first-order valence-electron chi connectivity index (χ1n) is 7.05. The van der Waals surface area contributed by atoms with Gasteiger partial charge in [0.1, 0.15) is 15.7 Å². The molecular weight excluding hydrogens is 276 g/mol. The minimum Gasteiger partial charge on any atom is -0.367 e. The van der Waals surface area contributed by atoms with Crippen molar-refractivity contribution in [2.24, 2.45) is 0 Å². The summed E-state index contributed by atoms with van der Waals surface area (Å²) < 4.78 is 22.8. The molecule has 7 heteroatoms. The Hall–Kier alpha value is -1.37. The highest BCUT2D eigenvalue weighted by molar-refractivity contribution is 7.91. The van der Waals surface area contributed by atoms with Crippen molar-refractivity contribution in [3.8, 4) is 0 Å². The van der Waals surface area contributed by atoms with Crippen molar-refractivity contribution < 1.29 is 8.42 Å². The fourth-order valence-electron chi connectivity index (χ4n) is 2.20. The topological polar surface area (TPSA) is 84.0 Å². The number of rotatable bonds is 5. The number of nitrogens with one attached hydrogen (secondary N) is 2. The molecule has 0 spiro atoms. The average Bonchev–Trinajstić information content (AvgIpc) is 2.38. The summed E-state index contributed by atoms with van der Waals surface area (Å²) in [6, 6.07) is 2.06. The maximum absolute atomic E-state index is 11.4. The van der Waals surface area contributed by atoms with Gasteiger partial charge in [-0.2, -0.15) is 4.98 Å². The first-order valence-corrected chi connectivity index (χ1v) is 8.87. The van der Waals surface area contributed by atoms with Crippen molar-refractivity contribution in [2.45, 2.75) is 39.2 Å². The van der Waals surface area contributed by atoms with Gasteiger partial charge in [0, 0.05) is 24.3 Å². The Morgan fingerprint density at radius 1 is 1.30 bits per heavy atom. The molecule has 6 nitrogen and oxygen atoms in total. The lowest BCUT2D eigenvalue weighted by atomic mass is 10.1. The van der Waals surface area contributed by atoms with Gasteiger partial charge in [0.2, 0.25) is 5.95 Å². The van der Waals surface area contributed by atoms with Gasteiger partial charge in [-0.1, -0.05) is 6.92 Å². The van der Waals surface area contributed by atoms with Gasteiger partial charge in [0.25, 0.3) is 0 Å². The predicted molar refractivity (Wildman–Crippen MR) is 80.8 cm³/mol. The molecule has 2 N–H and O–H groups in total. The van der Waals surface area contributed by atoms with Crippen molar-refractivity contribution in [3.63, 3.8) is 0 Å². The Bertz CT molecular complexity index is 545. The summed E-state index contributed by atoms with van der Waals surface area (Å²) >= 11 is 0. The fraction of sp³-hybridized carbons (Fsp3) is 0.692. The van der Waals surface area contributed by atoms with Crippen LogP contribution in [0.2, 0.25) is 0 Å². The molecule has 2 rings (SSSR count). The smallest absolute Gasteiger partial charge is 0.224 e. The molecule has 0 aliphatic carbocycles. The number of hydrogen-bond donors (Lipinski definition) is 2. The number of sulfone groups is 1. The molecule has 1 fully saturated rings. The van der Waals surface area contributed by atoms with Crippen molar-refractivity contribution in [2.75, 3.05) is 28.7 Å². The maximum atomic E-state index is 11.4. The fourth-order valence-corrected chi connectivity index (χ4v) is 3.69. The van der Waals surface area contributed by atoms with Crippen molar-refractivity contribution in [3.05, 3.63) is 11.8 Å². The van der Waals surface area contributed by atoms with E-state index in [2.05, 4.69) is 27.5 Å². The van der Waals surface area contributed by atoms with E-state index in [0.29, 0.717) is 18.8 Å². The minimum absolute atomic E-state index is 0.173. The summed E-state index contributed by atoms with van der Waals surface area (Å²) in [5.41, 5.74) is 0.893. The molecule has 1 aliphatic heterocycles. The Kier molecular flexibility index (Phi) is 4.80. The molecular formula is C13H22N4O2S. The second-order valence-corrected chi connectivity index (χ2v) is 7.52. The maximum Gasteiger partial charge on any atom is 0.224 e. The number of aromatic nitrogens is 2. The summed E-state index contributed by atoms with van der Waals surface area (Å²) in [6.45, 7) is 4.85. The predicted octanol–water partition coefficient (Wildman–Crippen LogP) is 1.60. The highest BCUT2D eigenvalue weighted by Crippen LogP contribution is 2.18. The molecule has 0 aromatic carbocycles. The van der Waals surface area contributed by atoms with Gasteiger partial charge in [-0.3, -0.25) is 0 Å². The quantitative estimate of drug-likeness (QED) is 0.859. The lowest BCUT2D eigenvalue weighted by molar-refractivity contribution is 0.559. The van der Waals surface area contributed by atoms with Gasteiger partial charge < -0.3 is 10.6 Å². The molecule has 0 radical (unpaired) electrons. The largest absolute Gasteiger partial charge is 0.367 e. The Balaban J connectivity index is 2.00. The zero-order valence-corrected chi connectivity index (χ0v) is 12.8. The minimum atomic E-state index is -2.82. The second-order valence-electron chi connectivity index (χ2n) is 5.22. The van der Waals surface area contributed by atoms with Crippen LogP contribution in [0.3, 0.4) is 0 Å². The number of hydrogen-bond acceptors (Lipinski definition) is 6. The average molecular weight is 298 g/mol. The lowest BCUT2D eigenvalue weighted by Gasteiger charge is -2.23. The normalized spacial score (nSPS) is 18.7. The van der Waals surface area contributed by atoms with E-state index >= 15 is 0 Å². The molecule has 0 atom stereocenters. The van der Waals surface area contributed by atoms with Crippen LogP contribution in [0, 0.1) is 6.92 Å². The van der Waals surface area contributed by atoms with E-state index in [4.69, 9.17) is 0 Å². The van der Waals surface area contributed by atoms with Crippen molar-refractivity contribution >= 4 is 21.6 Å². The van der Waals surface area contributed by atoms with Crippen LogP contribution < -0.4 is 10.6 Å². The van der Waals surface area contributed by atoms with Gasteiger partial charge in [-0.25, -0.2) is 13.4 Å². The SMILES string of the molecule is CCCNc1nc(C)cc(NC2CCS(=O)(=O)CC2)n1. The molecule has 1 aromatic heterocycles. The molecule has 0 saturated carbocycles. The Morgan fingerprint density at radius 3 is 2.65 bits per heavy atom. The number of anilines is 2. The second kappa shape index (κ2) is 6.39. The third kappa shape index (κ3) is 4.33. The van der Waals surface area contributed by atoms with Crippen LogP contribution in [-0.2, 0) is 9.84 Å². The molecule has 1 saturated heterocycles. The summed E-state index contributed by atoms with van der Waals surface area (Å²) in [5.74, 6) is 1.91. The molecule has 0 bridgehead atoms. The van der Waals surface area contributed by atoms with Gasteiger partial charge in [-0.05, 0) is 26.2 Å². The van der Waals surface area contributed by atoms with Crippen molar-refractivity contribution in [1.82, 2.24) is 9.97 Å². The van der Waals surface area contributed by atoms with Crippen LogP contribution in [0.15, 0.2) is 6.07 Å². The van der Waals surface area contributed by atoms with Gasteiger partial charge in [-0.15, -0.1) is 0 Å². The molecule has 1 aromatic rings. The van der Waals surface area contributed by atoms with Crippen LogP contribution >= 0.6 is 0 Å². The van der Waals surface area contributed by atoms with E-state index in [-0.39, 0.29) is 17.5 Å². The van der Waals surface area contributed by atoms with Gasteiger partial charge in [0.15, 0.2) is 0 Å². The highest BCUT2D eigenvalue weighted by Gasteiger charge is 2.23. The van der Waals surface area contributed by atoms with Crippen LogP contribution in [-0.4, -0.2) is 42.5 Å². The molecule has 112 valence electrons. The summed E-state index contributed by atoms with van der Waals surface area (Å²) in [4.78, 5) is 8.75. The molecule has 0 unspecified atom stereocenters. The van der Waals surface area contributed by atoms with Gasteiger partial charge >= 0.3 is 0 Å². The summed E-state index contributed by atoms with van der Waals surface area (Å²) in [6.07, 6.45) is 2.30. The Morgan fingerprint density at radius 2 is 2.00 bits per heavy atom. The van der Waals surface area contributed by atoms with E-state index in [9.17, 15) is 8.42 Å². The first-order chi connectivity index (χ1) is 9.48. The number of nitrogens with zero attached hydrogens (tertiary/aromatic N) is 2. The molecule has 1 aliphatic rings. The monoisotopic (exact) mass is 298 g/mol.